The number of carbonyl (C=O) groups excluding carboxylic acids is 1. The van der Waals surface area contributed by atoms with Crippen LogP contribution in [0.1, 0.15) is 10.4 Å². The smallest absolute Gasteiger partial charge is 0.277 e. The van der Waals surface area contributed by atoms with E-state index >= 15 is 0 Å². The summed E-state index contributed by atoms with van der Waals surface area (Å²) in [5.74, 6) is -0.236. The molecule has 1 aromatic heterocycles. The third kappa shape index (κ3) is 3.49. The number of anilines is 1. The Morgan fingerprint density at radius 3 is 2.73 bits per heavy atom. The highest BCUT2D eigenvalue weighted by Gasteiger charge is 2.04. The Morgan fingerprint density at radius 1 is 1.53 bits per heavy atom. The maximum absolute atomic E-state index is 10.9. The van der Waals surface area contributed by atoms with Crippen molar-refractivity contribution in [3.05, 3.63) is 18.0 Å². The summed E-state index contributed by atoms with van der Waals surface area (Å²) in [6, 6.07) is 0. The van der Waals surface area contributed by atoms with Gasteiger partial charge < -0.3 is 10.1 Å². The molecule has 3 N–H and O–H groups in total. The van der Waals surface area contributed by atoms with E-state index < -0.39 is 5.91 Å². The van der Waals surface area contributed by atoms with Crippen molar-refractivity contribution in [2.24, 2.45) is 0 Å². The van der Waals surface area contributed by atoms with E-state index in [9.17, 15) is 4.79 Å². The molecule has 0 aliphatic heterocycles. The highest BCUT2D eigenvalue weighted by molar-refractivity contribution is 5.92. The fraction of sp³-hybridized carbons (Fsp3) is 0.375. The van der Waals surface area contributed by atoms with Crippen LogP contribution in [-0.2, 0) is 4.74 Å². The monoisotopic (exact) mass is 212 g/mol. The third-order valence-electron chi connectivity index (χ3n) is 1.60. The van der Waals surface area contributed by atoms with Crippen molar-refractivity contribution >= 4 is 11.9 Å². The van der Waals surface area contributed by atoms with Gasteiger partial charge in [-0.3, -0.25) is 10.0 Å². The van der Waals surface area contributed by atoms with E-state index in [2.05, 4.69) is 15.3 Å². The summed E-state index contributed by atoms with van der Waals surface area (Å²) < 4.78 is 4.83. The van der Waals surface area contributed by atoms with Crippen molar-refractivity contribution in [2.75, 3.05) is 25.6 Å². The van der Waals surface area contributed by atoms with Gasteiger partial charge in [0.05, 0.1) is 12.2 Å². The summed E-state index contributed by atoms with van der Waals surface area (Å²) in [5.41, 5.74) is 1.68. The number of aromatic nitrogens is 2. The molecule has 1 amide bonds. The van der Waals surface area contributed by atoms with Gasteiger partial charge in [-0.15, -0.1) is 0 Å². The van der Waals surface area contributed by atoms with Crippen LogP contribution in [0.3, 0.4) is 0 Å². The minimum absolute atomic E-state index is 0.190. The number of hydrogen-bond donors (Lipinski definition) is 3. The SMILES string of the molecule is COCCNc1ncc(C(=O)NO)cn1. The Bertz CT molecular complexity index is 314. The molecule has 0 aliphatic rings. The second-order valence-electron chi connectivity index (χ2n) is 2.66. The molecule has 0 aromatic carbocycles. The largest absolute Gasteiger partial charge is 0.383 e. The van der Waals surface area contributed by atoms with Crippen LogP contribution in [-0.4, -0.2) is 41.3 Å². The molecule has 1 rings (SSSR count). The zero-order valence-electron chi connectivity index (χ0n) is 8.23. The van der Waals surface area contributed by atoms with Gasteiger partial charge in [-0.05, 0) is 0 Å². The molecule has 0 fully saturated rings. The molecule has 7 nitrogen and oxygen atoms in total. The van der Waals surface area contributed by atoms with Gasteiger partial charge in [-0.25, -0.2) is 15.4 Å². The fourth-order valence-corrected chi connectivity index (χ4v) is 0.866. The number of ether oxygens (including phenoxy) is 1. The third-order valence-corrected chi connectivity index (χ3v) is 1.60. The lowest BCUT2D eigenvalue weighted by Gasteiger charge is -2.03. The van der Waals surface area contributed by atoms with Crippen LogP contribution in [0, 0.1) is 0 Å². The normalized spacial score (nSPS) is 9.73. The number of carbonyl (C=O) groups is 1. The Hall–Kier alpha value is -1.73. The summed E-state index contributed by atoms with van der Waals surface area (Å²) >= 11 is 0. The Kier molecular flexibility index (Phi) is 4.45. The van der Waals surface area contributed by atoms with E-state index in [-0.39, 0.29) is 5.56 Å². The lowest BCUT2D eigenvalue weighted by atomic mass is 10.3. The molecule has 0 saturated heterocycles. The minimum Gasteiger partial charge on any atom is -0.383 e. The van der Waals surface area contributed by atoms with Gasteiger partial charge in [0.2, 0.25) is 5.95 Å². The van der Waals surface area contributed by atoms with Crippen LogP contribution >= 0.6 is 0 Å². The number of hydroxylamine groups is 1. The van der Waals surface area contributed by atoms with Gasteiger partial charge in [-0.2, -0.15) is 0 Å². The summed E-state index contributed by atoms with van der Waals surface area (Å²) in [5, 5.41) is 11.2. The predicted molar refractivity (Wildman–Crippen MR) is 51.7 cm³/mol. The Morgan fingerprint density at radius 2 is 2.20 bits per heavy atom. The second-order valence-corrected chi connectivity index (χ2v) is 2.66. The van der Waals surface area contributed by atoms with E-state index in [1.807, 2.05) is 0 Å². The molecule has 1 heterocycles. The fourth-order valence-electron chi connectivity index (χ4n) is 0.866. The maximum Gasteiger partial charge on any atom is 0.277 e. The summed E-state index contributed by atoms with van der Waals surface area (Å²) in [6.07, 6.45) is 2.63. The lowest BCUT2D eigenvalue weighted by Crippen LogP contribution is -2.19. The number of amides is 1. The number of rotatable bonds is 5. The average Bonchev–Trinajstić information content (AvgIpc) is 2.29. The molecule has 0 atom stereocenters. The van der Waals surface area contributed by atoms with E-state index in [1.165, 1.54) is 17.9 Å². The molecule has 0 saturated carbocycles. The van der Waals surface area contributed by atoms with Crippen molar-refractivity contribution in [2.45, 2.75) is 0 Å². The van der Waals surface area contributed by atoms with Crippen LogP contribution < -0.4 is 10.8 Å². The van der Waals surface area contributed by atoms with Gasteiger partial charge in [-0.1, -0.05) is 0 Å². The molecule has 0 bridgehead atoms. The standard InChI is InChI=1S/C8H12N4O3/c1-15-3-2-9-8-10-4-6(5-11-8)7(13)12-14/h4-5,14H,2-3H2,1H3,(H,12,13)(H,9,10,11). The van der Waals surface area contributed by atoms with Crippen LogP contribution in [0.2, 0.25) is 0 Å². The Labute approximate surface area is 86.5 Å². The summed E-state index contributed by atoms with van der Waals surface area (Å²) in [7, 11) is 1.59. The average molecular weight is 212 g/mol. The number of nitrogens with one attached hydrogen (secondary N) is 2. The molecule has 15 heavy (non-hydrogen) atoms. The number of nitrogens with zero attached hydrogens (tertiary/aromatic N) is 2. The molecule has 82 valence electrons. The maximum atomic E-state index is 10.9. The van der Waals surface area contributed by atoms with E-state index in [0.717, 1.165) is 0 Å². The first-order valence-corrected chi connectivity index (χ1v) is 4.27. The molecule has 1 aromatic rings. The zero-order chi connectivity index (χ0) is 11.1. The zero-order valence-corrected chi connectivity index (χ0v) is 8.23. The van der Waals surface area contributed by atoms with Crippen LogP contribution in [0.25, 0.3) is 0 Å². The van der Waals surface area contributed by atoms with Gasteiger partial charge in [0.25, 0.3) is 5.91 Å². The highest BCUT2D eigenvalue weighted by Crippen LogP contribution is 1.99. The van der Waals surface area contributed by atoms with Crippen molar-refractivity contribution in [1.29, 1.82) is 0 Å². The molecular weight excluding hydrogens is 200 g/mol. The van der Waals surface area contributed by atoms with Gasteiger partial charge in [0, 0.05) is 26.0 Å². The van der Waals surface area contributed by atoms with Crippen LogP contribution in [0.5, 0.6) is 0 Å². The molecule has 0 aliphatic carbocycles. The first-order chi connectivity index (χ1) is 7.27. The van der Waals surface area contributed by atoms with Crippen LogP contribution in [0.15, 0.2) is 12.4 Å². The van der Waals surface area contributed by atoms with E-state index in [4.69, 9.17) is 9.94 Å². The van der Waals surface area contributed by atoms with Crippen molar-refractivity contribution in [3.8, 4) is 0 Å². The molecule has 0 radical (unpaired) electrons. The Balaban J connectivity index is 2.52. The summed E-state index contributed by atoms with van der Waals surface area (Å²) in [6.45, 7) is 1.13. The predicted octanol–water partition coefficient (Wildman–Crippen LogP) is -0.346. The topological polar surface area (TPSA) is 96.4 Å². The summed E-state index contributed by atoms with van der Waals surface area (Å²) in [4.78, 5) is 18.6. The van der Waals surface area contributed by atoms with Crippen molar-refractivity contribution in [3.63, 3.8) is 0 Å². The van der Waals surface area contributed by atoms with Gasteiger partial charge in [0.15, 0.2) is 0 Å². The van der Waals surface area contributed by atoms with Gasteiger partial charge >= 0.3 is 0 Å². The first kappa shape index (κ1) is 11.3. The molecular formula is C8H12N4O3. The molecule has 0 spiro atoms. The quantitative estimate of drug-likeness (QED) is 0.351. The number of methoxy groups -OCH3 is 1. The lowest BCUT2D eigenvalue weighted by molar-refractivity contribution is 0.0705. The van der Waals surface area contributed by atoms with E-state index in [1.54, 1.807) is 7.11 Å². The number of hydrogen-bond acceptors (Lipinski definition) is 6. The highest BCUT2D eigenvalue weighted by atomic mass is 16.5. The van der Waals surface area contributed by atoms with E-state index in [0.29, 0.717) is 19.1 Å². The van der Waals surface area contributed by atoms with Gasteiger partial charge in [0.1, 0.15) is 0 Å². The minimum atomic E-state index is -0.640. The first-order valence-electron chi connectivity index (χ1n) is 4.27. The van der Waals surface area contributed by atoms with Crippen molar-refractivity contribution in [1.82, 2.24) is 15.4 Å². The van der Waals surface area contributed by atoms with Crippen molar-refractivity contribution < 1.29 is 14.7 Å². The second kappa shape index (κ2) is 5.89. The molecule has 7 heteroatoms. The molecule has 0 unspecified atom stereocenters. The van der Waals surface area contributed by atoms with Crippen LogP contribution in [0.4, 0.5) is 5.95 Å².